The highest BCUT2D eigenvalue weighted by atomic mass is 19.1. The Kier molecular flexibility index (Phi) is 6.55. The fourth-order valence-corrected chi connectivity index (χ4v) is 6.41. The molecular formula is C29H36FN9. The first-order valence-corrected chi connectivity index (χ1v) is 13.8. The van der Waals surface area contributed by atoms with Gasteiger partial charge in [-0.15, -0.1) is 0 Å². The van der Waals surface area contributed by atoms with Crippen LogP contribution in [0.25, 0.3) is 22.3 Å². The smallest absolute Gasteiger partial charge is 0.229 e. The third-order valence-electron chi connectivity index (χ3n) is 7.96. The Morgan fingerprint density at radius 1 is 1.03 bits per heavy atom. The molecule has 2 atom stereocenters. The second-order valence-electron chi connectivity index (χ2n) is 11.8. The van der Waals surface area contributed by atoms with Crippen molar-refractivity contribution < 1.29 is 4.39 Å². The normalized spacial score (nSPS) is 20.2. The number of likely N-dealkylation sites (tertiary alicyclic amines) is 1. The summed E-state index contributed by atoms with van der Waals surface area (Å²) < 4.78 is 16.7. The van der Waals surface area contributed by atoms with Crippen molar-refractivity contribution in [1.29, 1.82) is 0 Å². The topological polar surface area (TPSA) is 87.9 Å². The molecule has 6 rings (SSSR count). The largest absolute Gasteiger partial charge is 0.309 e. The number of rotatable bonds is 6. The lowest BCUT2D eigenvalue weighted by Crippen LogP contribution is -2.53. The molecule has 6 heterocycles. The van der Waals surface area contributed by atoms with E-state index >= 15 is 0 Å². The standard InChI is InChI=1S/C29H36FN9/c1-6-39-20-8-9-21(39)17-38(16-20)15-18-7-10-24(31-12-18)34-28-33-14-23(30)25(35-28)19-11-22-26(29(2,3)4)37(5)36-27(22)32-13-19/h7,10-14,20-21H,6,8-9,15-17H2,1-5H3,(H,31,33,34,35)/t20-,21+. The van der Waals surface area contributed by atoms with E-state index in [1.165, 1.54) is 24.6 Å². The summed E-state index contributed by atoms with van der Waals surface area (Å²) in [6.45, 7) is 12.9. The van der Waals surface area contributed by atoms with E-state index in [4.69, 9.17) is 0 Å². The van der Waals surface area contributed by atoms with E-state index in [0.717, 1.165) is 37.3 Å². The lowest BCUT2D eigenvalue weighted by Gasteiger charge is -2.40. The van der Waals surface area contributed by atoms with Crippen LogP contribution in [0.2, 0.25) is 0 Å². The van der Waals surface area contributed by atoms with Gasteiger partial charge >= 0.3 is 0 Å². The first-order chi connectivity index (χ1) is 18.7. The van der Waals surface area contributed by atoms with E-state index in [-0.39, 0.29) is 17.1 Å². The second-order valence-corrected chi connectivity index (χ2v) is 11.8. The van der Waals surface area contributed by atoms with Gasteiger partial charge in [0.25, 0.3) is 0 Å². The highest BCUT2D eigenvalue weighted by Gasteiger charge is 2.38. The van der Waals surface area contributed by atoms with Crippen molar-refractivity contribution in [1.82, 2.24) is 39.5 Å². The number of nitrogens with one attached hydrogen (secondary N) is 1. The van der Waals surface area contributed by atoms with E-state index in [9.17, 15) is 4.39 Å². The van der Waals surface area contributed by atoms with Crippen LogP contribution in [0.5, 0.6) is 0 Å². The Morgan fingerprint density at radius 2 is 1.79 bits per heavy atom. The quantitative estimate of drug-likeness (QED) is 0.386. The van der Waals surface area contributed by atoms with Gasteiger partial charge in [-0.2, -0.15) is 5.10 Å². The molecule has 0 aliphatic carbocycles. The first-order valence-electron chi connectivity index (χ1n) is 13.8. The highest BCUT2D eigenvalue weighted by molar-refractivity contribution is 5.83. The minimum atomic E-state index is -0.511. The van der Waals surface area contributed by atoms with Crippen LogP contribution in [0.1, 0.15) is 51.8 Å². The lowest BCUT2D eigenvalue weighted by molar-refractivity contribution is 0.0669. The molecule has 0 unspecified atom stereocenters. The maximum absolute atomic E-state index is 14.9. The van der Waals surface area contributed by atoms with Gasteiger partial charge in [0.05, 0.1) is 11.9 Å². The van der Waals surface area contributed by atoms with Gasteiger partial charge in [-0.1, -0.05) is 33.8 Å². The van der Waals surface area contributed by atoms with Crippen molar-refractivity contribution in [2.75, 3.05) is 25.0 Å². The molecule has 2 fully saturated rings. The molecular weight excluding hydrogens is 493 g/mol. The maximum Gasteiger partial charge on any atom is 0.229 e. The van der Waals surface area contributed by atoms with Crippen molar-refractivity contribution in [3.05, 3.63) is 53.9 Å². The molecule has 0 saturated carbocycles. The van der Waals surface area contributed by atoms with Crippen molar-refractivity contribution in [3.63, 3.8) is 0 Å². The summed E-state index contributed by atoms with van der Waals surface area (Å²) in [5.41, 5.74) is 3.44. The number of aryl methyl sites for hydroxylation is 1. The number of hydrogen-bond donors (Lipinski definition) is 1. The monoisotopic (exact) mass is 529 g/mol. The van der Waals surface area contributed by atoms with E-state index in [0.29, 0.717) is 29.1 Å². The maximum atomic E-state index is 14.9. The second kappa shape index (κ2) is 9.91. The van der Waals surface area contributed by atoms with Crippen LogP contribution in [-0.4, -0.2) is 71.2 Å². The van der Waals surface area contributed by atoms with Gasteiger partial charge in [-0.05, 0) is 37.1 Å². The van der Waals surface area contributed by atoms with Crippen LogP contribution in [0.15, 0.2) is 36.8 Å². The van der Waals surface area contributed by atoms with Crippen molar-refractivity contribution in [2.24, 2.45) is 7.05 Å². The molecule has 4 aromatic rings. The summed E-state index contributed by atoms with van der Waals surface area (Å²) in [5.74, 6) is 0.382. The summed E-state index contributed by atoms with van der Waals surface area (Å²) in [7, 11) is 1.91. The Bertz CT molecular complexity index is 1480. The van der Waals surface area contributed by atoms with Gasteiger partial charge in [0, 0.05) is 67.5 Å². The first kappa shape index (κ1) is 25.8. The van der Waals surface area contributed by atoms with E-state index in [1.54, 1.807) is 6.20 Å². The molecule has 0 aromatic carbocycles. The predicted octanol–water partition coefficient (Wildman–Crippen LogP) is 4.67. The fourth-order valence-electron chi connectivity index (χ4n) is 6.41. The summed E-state index contributed by atoms with van der Waals surface area (Å²) in [5, 5.41) is 8.54. The molecule has 39 heavy (non-hydrogen) atoms. The molecule has 9 nitrogen and oxygen atoms in total. The molecule has 10 heteroatoms. The van der Waals surface area contributed by atoms with E-state index in [1.807, 2.05) is 30.1 Å². The minimum absolute atomic E-state index is 0.151. The Labute approximate surface area is 228 Å². The zero-order valence-corrected chi connectivity index (χ0v) is 23.3. The number of aromatic nitrogens is 6. The third-order valence-corrected chi connectivity index (χ3v) is 7.96. The molecule has 2 aliphatic rings. The van der Waals surface area contributed by atoms with Crippen molar-refractivity contribution in [3.8, 4) is 11.3 Å². The number of nitrogens with zero attached hydrogens (tertiary/aromatic N) is 8. The van der Waals surface area contributed by atoms with Gasteiger partial charge in [0.15, 0.2) is 11.5 Å². The number of pyridine rings is 2. The number of hydrogen-bond acceptors (Lipinski definition) is 8. The SMILES string of the molecule is CCN1[C@@H]2CC[C@H]1CN(Cc1ccc(Nc3ncc(F)c(-c4cnc5nn(C)c(C(C)(C)C)c5c4)n3)nc1)C2. The summed E-state index contributed by atoms with van der Waals surface area (Å²) in [6, 6.07) is 7.28. The van der Waals surface area contributed by atoms with Crippen molar-refractivity contribution in [2.45, 2.75) is 64.6 Å². The van der Waals surface area contributed by atoms with Gasteiger partial charge < -0.3 is 5.32 Å². The molecule has 0 spiro atoms. The summed E-state index contributed by atoms with van der Waals surface area (Å²) >= 11 is 0. The Balaban J connectivity index is 1.18. The summed E-state index contributed by atoms with van der Waals surface area (Å²) in [6.07, 6.45) is 7.30. The third kappa shape index (κ3) is 4.98. The predicted molar refractivity (Wildman–Crippen MR) is 150 cm³/mol. The lowest BCUT2D eigenvalue weighted by atomic mass is 9.89. The molecule has 4 aromatic heterocycles. The fraction of sp³-hybridized carbons (Fsp3) is 0.483. The van der Waals surface area contributed by atoms with Crippen LogP contribution in [-0.2, 0) is 19.0 Å². The number of likely N-dealkylation sites (N-methyl/N-ethyl adjacent to an activating group) is 1. The number of halogens is 1. The molecule has 2 bridgehead atoms. The zero-order valence-electron chi connectivity index (χ0n) is 23.3. The molecule has 1 N–H and O–H groups in total. The summed E-state index contributed by atoms with van der Waals surface area (Å²) in [4.78, 5) is 22.9. The molecule has 0 amide bonds. The van der Waals surface area contributed by atoms with Gasteiger partial charge in [0.2, 0.25) is 5.95 Å². The van der Waals surface area contributed by atoms with Crippen LogP contribution in [0, 0.1) is 5.82 Å². The molecule has 204 valence electrons. The van der Waals surface area contributed by atoms with Crippen molar-refractivity contribution >= 4 is 22.8 Å². The number of piperazine rings is 1. The Morgan fingerprint density at radius 3 is 2.46 bits per heavy atom. The molecule has 2 aliphatic heterocycles. The van der Waals surface area contributed by atoms with Gasteiger partial charge in [-0.3, -0.25) is 14.5 Å². The van der Waals surface area contributed by atoms with E-state index in [2.05, 4.69) is 73.9 Å². The van der Waals surface area contributed by atoms with Gasteiger partial charge in [0.1, 0.15) is 11.5 Å². The van der Waals surface area contributed by atoms with Gasteiger partial charge in [-0.25, -0.2) is 24.3 Å². The average molecular weight is 530 g/mol. The molecule has 2 saturated heterocycles. The number of fused-ring (bicyclic) bond motifs is 3. The van der Waals surface area contributed by atoms with Crippen LogP contribution in [0.4, 0.5) is 16.2 Å². The highest BCUT2D eigenvalue weighted by Crippen LogP contribution is 2.32. The van der Waals surface area contributed by atoms with Crippen LogP contribution >= 0.6 is 0 Å². The Hall–Kier alpha value is -3.50. The van der Waals surface area contributed by atoms with Crippen LogP contribution < -0.4 is 5.32 Å². The van der Waals surface area contributed by atoms with E-state index < -0.39 is 5.82 Å². The van der Waals surface area contributed by atoms with Crippen LogP contribution in [0.3, 0.4) is 0 Å². The minimum Gasteiger partial charge on any atom is -0.309 e. The number of anilines is 2. The zero-order chi connectivity index (χ0) is 27.3. The average Bonchev–Trinajstić information content (AvgIpc) is 3.37. The molecule has 0 radical (unpaired) electrons.